The topological polar surface area (TPSA) is 75.1 Å². The fourth-order valence-corrected chi connectivity index (χ4v) is 4.38. The van der Waals surface area contributed by atoms with Crippen molar-refractivity contribution in [1.29, 1.82) is 0 Å². The number of rotatable bonds is 5. The van der Waals surface area contributed by atoms with E-state index in [4.69, 9.17) is 5.10 Å². The first kappa shape index (κ1) is 25.0. The summed E-state index contributed by atoms with van der Waals surface area (Å²) in [6.45, 7) is 8.37. The van der Waals surface area contributed by atoms with Gasteiger partial charge in [0.25, 0.3) is 0 Å². The van der Waals surface area contributed by atoms with Crippen molar-refractivity contribution in [2.75, 3.05) is 22.6 Å². The van der Waals surface area contributed by atoms with E-state index in [1.807, 2.05) is 86.8 Å². The number of carbonyl (C=O) groups excluding carboxylic acids is 1. The fraction of sp³-hybridized carbons (Fsp3) is 0.194. The average Bonchev–Trinajstić information content (AvgIpc) is 3.33. The van der Waals surface area contributed by atoms with Crippen LogP contribution in [0.5, 0.6) is 0 Å². The van der Waals surface area contributed by atoms with Gasteiger partial charge < -0.3 is 10.2 Å². The predicted molar refractivity (Wildman–Crippen MR) is 156 cm³/mol. The van der Waals surface area contributed by atoms with Crippen LogP contribution >= 0.6 is 0 Å². The van der Waals surface area contributed by atoms with Gasteiger partial charge in [0.2, 0.25) is 0 Å². The van der Waals surface area contributed by atoms with E-state index in [1.165, 1.54) is 0 Å². The minimum absolute atomic E-state index is 0.171. The molecule has 0 bridgehead atoms. The molecule has 0 atom stereocenters. The molecule has 2 amide bonds. The summed E-state index contributed by atoms with van der Waals surface area (Å²) in [4.78, 5) is 19.5. The molecule has 2 N–H and O–H groups in total. The molecule has 0 saturated carbocycles. The Morgan fingerprint density at radius 1 is 0.868 bits per heavy atom. The number of benzene rings is 3. The summed E-state index contributed by atoms with van der Waals surface area (Å²) in [6, 6.07) is 25.6. The maximum Gasteiger partial charge on any atom is 0.324 e. The third-order valence-corrected chi connectivity index (χ3v) is 6.56. The summed E-state index contributed by atoms with van der Waals surface area (Å²) >= 11 is 0. The van der Waals surface area contributed by atoms with Gasteiger partial charge in [-0.15, -0.1) is 0 Å². The number of fused-ring (bicyclic) bond motifs is 1. The summed E-state index contributed by atoms with van der Waals surface area (Å²) in [7, 11) is 2.02. The van der Waals surface area contributed by atoms with Crippen LogP contribution in [0.25, 0.3) is 16.5 Å². The minimum Gasteiger partial charge on any atom is -0.344 e. The Morgan fingerprint density at radius 2 is 1.55 bits per heavy atom. The number of carbonyl (C=O) groups is 1. The molecule has 7 heteroatoms. The number of pyridine rings is 1. The first-order valence-electron chi connectivity index (χ1n) is 12.6. The van der Waals surface area contributed by atoms with Gasteiger partial charge >= 0.3 is 6.03 Å². The van der Waals surface area contributed by atoms with Gasteiger partial charge in [-0.05, 0) is 43.3 Å². The van der Waals surface area contributed by atoms with Crippen molar-refractivity contribution in [3.05, 3.63) is 103 Å². The first-order chi connectivity index (χ1) is 18.2. The molecule has 38 heavy (non-hydrogen) atoms. The van der Waals surface area contributed by atoms with Gasteiger partial charge in [-0.3, -0.25) is 10.3 Å². The van der Waals surface area contributed by atoms with Gasteiger partial charge in [-0.2, -0.15) is 5.10 Å². The van der Waals surface area contributed by atoms with Crippen LogP contribution in [0.2, 0.25) is 0 Å². The fourth-order valence-electron chi connectivity index (χ4n) is 4.38. The van der Waals surface area contributed by atoms with Crippen LogP contribution in [0.15, 0.2) is 91.3 Å². The van der Waals surface area contributed by atoms with E-state index in [2.05, 4.69) is 47.4 Å². The van der Waals surface area contributed by atoms with E-state index in [1.54, 1.807) is 17.1 Å². The second-order valence-corrected chi connectivity index (χ2v) is 10.4. The van der Waals surface area contributed by atoms with Crippen molar-refractivity contribution in [1.82, 2.24) is 14.8 Å². The van der Waals surface area contributed by atoms with E-state index >= 15 is 0 Å². The number of nitrogens with zero attached hydrogens (tertiary/aromatic N) is 4. The number of hydrogen-bond acceptors (Lipinski definition) is 4. The third-order valence-electron chi connectivity index (χ3n) is 6.56. The number of anilines is 4. The van der Waals surface area contributed by atoms with Crippen LogP contribution in [-0.4, -0.2) is 27.8 Å². The van der Waals surface area contributed by atoms with Gasteiger partial charge in [0.1, 0.15) is 5.82 Å². The summed E-state index contributed by atoms with van der Waals surface area (Å²) in [5.74, 6) is 0.606. The van der Waals surface area contributed by atoms with E-state index in [0.717, 1.165) is 44.8 Å². The Bertz CT molecular complexity index is 1580. The lowest BCUT2D eigenvalue weighted by Gasteiger charge is -2.22. The summed E-state index contributed by atoms with van der Waals surface area (Å²) < 4.78 is 1.78. The second-order valence-electron chi connectivity index (χ2n) is 10.4. The molecule has 0 spiro atoms. The molecule has 0 aliphatic heterocycles. The van der Waals surface area contributed by atoms with Crippen LogP contribution in [0.1, 0.15) is 32.0 Å². The number of aryl methyl sites for hydroxylation is 1. The van der Waals surface area contributed by atoms with E-state index in [9.17, 15) is 4.79 Å². The van der Waals surface area contributed by atoms with Crippen LogP contribution in [-0.2, 0) is 5.41 Å². The number of nitrogens with one attached hydrogen (secondary N) is 2. The van der Waals surface area contributed by atoms with Gasteiger partial charge in [0.15, 0.2) is 0 Å². The molecule has 2 aromatic heterocycles. The number of urea groups is 1. The van der Waals surface area contributed by atoms with Crippen molar-refractivity contribution in [2.45, 2.75) is 33.1 Å². The van der Waals surface area contributed by atoms with Crippen molar-refractivity contribution in [2.24, 2.45) is 0 Å². The van der Waals surface area contributed by atoms with Gasteiger partial charge in [0.05, 0.1) is 17.1 Å². The molecule has 3 aromatic carbocycles. The maximum absolute atomic E-state index is 13.3. The highest BCUT2D eigenvalue weighted by Crippen LogP contribution is 2.35. The molecule has 5 rings (SSSR count). The highest BCUT2D eigenvalue weighted by Gasteiger charge is 2.22. The van der Waals surface area contributed by atoms with Crippen LogP contribution in [0, 0.1) is 6.92 Å². The third kappa shape index (κ3) is 5.09. The Morgan fingerprint density at radius 3 is 2.24 bits per heavy atom. The Balaban J connectivity index is 1.45. The van der Waals surface area contributed by atoms with Gasteiger partial charge in [-0.1, -0.05) is 62.7 Å². The SMILES string of the molecule is Cc1ccc(-n2nc(C(C)(C)C)cc2NC(=O)Nc2ccc(N(C)c3ccncc3)c3ccccc23)cc1. The smallest absolute Gasteiger partial charge is 0.324 e. The summed E-state index contributed by atoms with van der Waals surface area (Å²) in [5.41, 5.74) is 5.55. The number of aromatic nitrogens is 3. The molecule has 2 heterocycles. The molecule has 192 valence electrons. The van der Waals surface area contributed by atoms with Crippen molar-refractivity contribution < 1.29 is 4.79 Å². The predicted octanol–water partition coefficient (Wildman–Crippen LogP) is 7.44. The van der Waals surface area contributed by atoms with Crippen molar-refractivity contribution in [3.63, 3.8) is 0 Å². The molecule has 0 radical (unpaired) electrons. The minimum atomic E-state index is -0.334. The molecule has 5 aromatic rings. The lowest BCUT2D eigenvalue weighted by molar-refractivity contribution is 0.262. The molecular weight excluding hydrogens is 472 g/mol. The molecular formula is C31H32N6O. The molecule has 0 aliphatic carbocycles. The molecule has 0 aliphatic rings. The largest absolute Gasteiger partial charge is 0.344 e. The zero-order valence-electron chi connectivity index (χ0n) is 22.4. The van der Waals surface area contributed by atoms with E-state index < -0.39 is 0 Å². The molecule has 0 saturated heterocycles. The van der Waals surface area contributed by atoms with E-state index in [0.29, 0.717) is 5.82 Å². The molecule has 0 unspecified atom stereocenters. The highest BCUT2D eigenvalue weighted by atomic mass is 16.2. The highest BCUT2D eigenvalue weighted by molar-refractivity contribution is 6.09. The quantitative estimate of drug-likeness (QED) is 0.261. The average molecular weight is 505 g/mol. The van der Waals surface area contributed by atoms with Crippen LogP contribution in [0.4, 0.5) is 27.7 Å². The summed E-state index contributed by atoms with van der Waals surface area (Å²) in [5, 5.41) is 12.9. The van der Waals surface area contributed by atoms with Crippen molar-refractivity contribution in [3.8, 4) is 5.69 Å². The first-order valence-corrected chi connectivity index (χ1v) is 12.6. The molecule has 7 nitrogen and oxygen atoms in total. The van der Waals surface area contributed by atoms with Crippen LogP contribution < -0.4 is 15.5 Å². The lowest BCUT2D eigenvalue weighted by Crippen LogP contribution is -2.21. The zero-order valence-corrected chi connectivity index (χ0v) is 22.4. The Labute approximate surface area is 223 Å². The number of hydrogen-bond donors (Lipinski definition) is 2. The van der Waals surface area contributed by atoms with Crippen molar-refractivity contribution >= 4 is 39.7 Å². The maximum atomic E-state index is 13.3. The monoisotopic (exact) mass is 504 g/mol. The summed E-state index contributed by atoms with van der Waals surface area (Å²) in [6.07, 6.45) is 3.56. The van der Waals surface area contributed by atoms with E-state index in [-0.39, 0.29) is 11.4 Å². The second kappa shape index (κ2) is 10.0. The van der Waals surface area contributed by atoms with Crippen LogP contribution in [0.3, 0.4) is 0 Å². The zero-order chi connectivity index (χ0) is 26.9. The Hall–Kier alpha value is -4.65. The normalized spacial score (nSPS) is 11.4. The van der Waals surface area contributed by atoms with Gasteiger partial charge in [-0.25, -0.2) is 9.48 Å². The number of amides is 2. The lowest BCUT2D eigenvalue weighted by atomic mass is 9.92. The standard InChI is InChI=1S/C31H32N6O/c1-21-10-12-23(13-11-21)37-29(20-28(35-37)31(2,3)4)34-30(38)33-26-14-15-27(25-9-7-6-8-24(25)26)36(5)22-16-18-32-19-17-22/h6-20H,1-5H3,(H2,33,34,38). The Kier molecular flexibility index (Phi) is 6.59. The molecule has 0 fully saturated rings. The van der Waals surface area contributed by atoms with Gasteiger partial charge in [0, 0.05) is 53.1 Å².